The highest BCUT2D eigenvalue weighted by atomic mass is 35.5. The van der Waals surface area contributed by atoms with E-state index in [1.54, 1.807) is 0 Å². The van der Waals surface area contributed by atoms with Crippen LogP contribution in [0.4, 0.5) is 17.5 Å². The number of piperidine rings is 1. The number of H-pyrrole nitrogens is 2. The highest BCUT2D eigenvalue weighted by Gasteiger charge is 2.22. The van der Waals surface area contributed by atoms with Gasteiger partial charge in [0, 0.05) is 48.4 Å². The Bertz CT molecular complexity index is 1370. The quantitative estimate of drug-likeness (QED) is 0.238. The Morgan fingerprint density at radius 3 is 2.81 bits per heavy atom. The van der Waals surface area contributed by atoms with E-state index in [-0.39, 0.29) is 12.6 Å². The van der Waals surface area contributed by atoms with E-state index in [0.717, 1.165) is 60.5 Å². The second-order valence-corrected chi connectivity index (χ2v) is 9.44. The minimum atomic E-state index is 0.199. The standard InChI is InChI=1S/C26H30ClN7O2/c1-3-4-18-14-23(33-32-18)29-22-15-24(34-10-7-17(8-11-34)9-12-35)31-26(30-22)36-21-6-5-20-19(25(21)27)13-16(2)28-20/h3-6,13-15,17,28,35H,7-12H2,1-2H3,(H2,29,30,31,32,33)/b4-3-. The van der Waals surface area contributed by atoms with Gasteiger partial charge in [-0.05, 0) is 63.3 Å². The first-order valence-electron chi connectivity index (χ1n) is 12.2. The van der Waals surface area contributed by atoms with Crippen molar-refractivity contribution in [3.8, 4) is 11.8 Å². The highest BCUT2D eigenvalue weighted by molar-refractivity contribution is 6.37. The van der Waals surface area contributed by atoms with Crippen LogP contribution in [0.25, 0.3) is 17.0 Å². The molecule has 4 heterocycles. The third kappa shape index (κ3) is 5.32. The lowest BCUT2D eigenvalue weighted by molar-refractivity contribution is 0.240. The maximum Gasteiger partial charge on any atom is 0.325 e. The van der Waals surface area contributed by atoms with Crippen molar-refractivity contribution in [2.75, 3.05) is 29.9 Å². The van der Waals surface area contributed by atoms with Gasteiger partial charge in [-0.1, -0.05) is 17.7 Å². The van der Waals surface area contributed by atoms with Crippen molar-refractivity contribution < 1.29 is 9.84 Å². The summed E-state index contributed by atoms with van der Waals surface area (Å²) in [6.45, 7) is 5.87. The molecule has 0 unspecified atom stereocenters. The van der Waals surface area contributed by atoms with Crippen molar-refractivity contribution in [3.63, 3.8) is 0 Å². The van der Waals surface area contributed by atoms with Crippen LogP contribution >= 0.6 is 11.6 Å². The second kappa shape index (κ2) is 10.6. The van der Waals surface area contributed by atoms with Crippen LogP contribution in [-0.2, 0) is 0 Å². The topological polar surface area (TPSA) is 115 Å². The normalized spacial score (nSPS) is 14.7. The van der Waals surface area contributed by atoms with Gasteiger partial charge in [-0.25, -0.2) is 0 Å². The summed E-state index contributed by atoms with van der Waals surface area (Å²) in [7, 11) is 0. The molecule has 0 bridgehead atoms. The minimum absolute atomic E-state index is 0.199. The van der Waals surface area contributed by atoms with E-state index in [1.165, 1.54) is 0 Å². The minimum Gasteiger partial charge on any atom is -0.423 e. The lowest BCUT2D eigenvalue weighted by Crippen LogP contribution is -2.34. The monoisotopic (exact) mass is 507 g/mol. The summed E-state index contributed by atoms with van der Waals surface area (Å²) in [6.07, 6.45) is 6.73. The number of nitrogens with one attached hydrogen (secondary N) is 3. The van der Waals surface area contributed by atoms with Crippen LogP contribution in [0.15, 0.2) is 36.4 Å². The number of ether oxygens (including phenoxy) is 1. The molecule has 0 spiro atoms. The Hall–Kier alpha value is -3.56. The number of hydrogen-bond acceptors (Lipinski definition) is 7. The molecule has 0 atom stereocenters. The number of aliphatic hydroxyl groups excluding tert-OH is 1. The van der Waals surface area contributed by atoms with Gasteiger partial charge in [-0.15, -0.1) is 0 Å². The average Bonchev–Trinajstić information content (AvgIpc) is 3.47. The molecule has 0 saturated carbocycles. The van der Waals surface area contributed by atoms with Crippen molar-refractivity contribution in [2.24, 2.45) is 5.92 Å². The molecule has 4 aromatic rings. The number of aromatic nitrogens is 5. The summed E-state index contributed by atoms with van der Waals surface area (Å²) in [5, 5.41) is 21.2. The van der Waals surface area contributed by atoms with Crippen LogP contribution in [0.1, 0.15) is 37.6 Å². The summed E-state index contributed by atoms with van der Waals surface area (Å²) < 4.78 is 6.13. The van der Waals surface area contributed by atoms with Crippen LogP contribution in [0.3, 0.4) is 0 Å². The van der Waals surface area contributed by atoms with E-state index in [2.05, 4.69) is 30.4 Å². The van der Waals surface area contributed by atoms with Gasteiger partial charge < -0.3 is 25.0 Å². The number of rotatable bonds is 8. The molecular weight excluding hydrogens is 478 g/mol. The maximum atomic E-state index is 9.30. The van der Waals surface area contributed by atoms with Crippen molar-refractivity contribution in [2.45, 2.75) is 33.1 Å². The number of hydrogen-bond donors (Lipinski definition) is 4. The fourth-order valence-corrected chi connectivity index (χ4v) is 4.84. The van der Waals surface area contributed by atoms with Gasteiger partial charge in [0.05, 0.1) is 10.7 Å². The number of nitrogens with zero attached hydrogens (tertiary/aromatic N) is 4. The molecule has 0 aliphatic carbocycles. The van der Waals surface area contributed by atoms with E-state index >= 15 is 0 Å². The van der Waals surface area contributed by atoms with Crippen LogP contribution < -0.4 is 15.0 Å². The molecule has 1 aliphatic rings. The molecule has 0 amide bonds. The summed E-state index contributed by atoms with van der Waals surface area (Å²) >= 11 is 6.67. The van der Waals surface area contributed by atoms with Gasteiger partial charge >= 0.3 is 6.01 Å². The zero-order valence-corrected chi connectivity index (χ0v) is 21.1. The molecule has 9 nitrogen and oxygen atoms in total. The number of fused-ring (bicyclic) bond motifs is 1. The Kier molecular flexibility index (Phi) is 7.11. The molecule has 36 heavy (non-hydrogen) atoms. The molecule has 3 aromatic heterocycles. The molecule has 1 aliphatic heterocycles. The highest BCUT2D eigenvalue weighted by Crippen LogP contribution is 2.36. The number of aromatic amines is 2. The van der Waals surface area contributed by atoms with Gasteiger partial charge in [0.1, 0.15) is 17.4 Å². The first-order valence-corrected chi connectivity index (χ1v) is 12.6. The predicted octanol–water partition coefficient (Wildman–Crippen LogP) is 5.81. The molecule has 1 saturated heterocycles. The van der Waals surface area contributed by atoms with E-state index in [9.17, 15) is 5.11 Å². The van der Waals surface area contributed by atoms with Gasteiger partial charge in [-0.2, -0.15) is 15.1 Å². The zero-order valence-electron chi connectivity index (χ0n) is 20.4. The lowest BCUT2D eigenvalue weighted by atomic mass is 9.94. The number of aliphatic hydroxyl groups is 1. The molecule has 1 fully saturated rings. The average molecular weight is 508 g/mol. The third-order valence-electron chi connectivity index (χ3n) is 6.41. The number of allylic oxidation sites excluding steroid dienone is 1. The fraction of sp³-hybridized carbons (Fsp3) is 0.346. The number of halogens is 1. The number of aryl methyl sites for hydroxylation is 1. The number of benzene rings is 1. The van der Waals surface area contributed by atoms with E-state index in [4.69, 9.17) is 21.3 Å². The molecule has 188 valence electrons. The SMILES string of the molecule is C/C=C\c1cc(Nc2cc(N3CCC(CCO)CC3)nc(Oc3ccc4[nH]c(C)cc4c3Cl)n2)n[nH]1. The van der Waals surface area contributed by atoms with E-state index in [1.807, 2.05) is 56.3 Å². The fourth-order valence-electron chi connectivity index (χ4n) is 4.58. The number of anilines is 3. The first-order chi connectivity index (χ1) is 17.5. The molecule has 5 rings (SSSR count). The van der Waals surface area contributed by atoms with Gasteiger partial charge in [0.25, 0.3) is 0 Å². The Morgan fingerprint density at radius 2 is 2.03 bits per heavy atom. The van der Waals surface area contributed by atoms with Gasteiger partial charge in [-0.3, -0.25) is 5.10 Å². The molecular formula is C26H30ClN7O2. The Balaban J connectivity index is 1.45. The molecule has 10 heteroatoms. The maximum absolute atomic E-state index is 9.30. The second-order valence-electron chi connectivity index (χ2n) is 9.06. The van der Waals surface area contributed by atoms with Gasteiger partial charge in [0.2, 0.25) is 0 Å². The zero-order chi connectivity index (χ0) is 25.1. The lowest BCUT2D eigenvalue weighted by Gasteiger charge is -2.32. The smallest absolute Gasteiger partial charge is 0.325 e. The van der Waals surface area contributed by atoms with Crippen molar-refractivity contribution in [3.05, 3.63) is 52.8 Å². The summed E-state index contributed by atoms with van der Waals surface area (Å²) in [5.41, 5.74) is 2.86. The van der Waals surface area contributed by atoms with Crippen LogP contribution in [0.5, 0.6) is 11.8 Å². The predicted molar refractivity (Wildman–Crippen MR) is 143 cm³/mol. The van der Waals surface area contributed by atoms with Crippen molar-refractivity contribution >= 4 is 46.0 Å². The summed E-state index contributed by atoms with van der Waals surface area (Å²) in [4.78, 5) is 14.8. The molecule has 4 N–H and O–H groups in total. The molecule has 0 radical (unpaired) electrons. The van der Waals surface area contributed by atoms with Crippen LogP contribution in [-0.4, -0.2) is 50.0 Å². The van der Waals surface area contributed by atoms with Crippen molar-refractivity contribution in [1.82, 2.24) is 25.1 Å². The first kappa shape index (κ1) is 24.1. The summed E-state index contributed by atoms with van der Waals surface area (Å²) in [5.74, 6) is 3.00. The van der Waals surface area contributed by atoms with E-state index in [0.29, 0.717) is 28.3 Å². The molecule has 1 aromatic carbocycles. The van der Waals surface area contributed by atoms with Crippen LogP contribution in [0.2, 0.25) is 5.02 Å². The van der Waals surface area contributed by atoms with Crippen molar-refractivity contribution in [1.29, 1.82) is 0 Å². The van der Waals surface area contributed by atoms with Gasteiger partial charge in [0.15, 0.2) is 5.82 Å². The Morgan fingerprint density at radius 1 is 1.19 bits per heavy atom. The van der Waals surface area contributed by atoms with E-state index < -0.39 is 0 Å². The Labute approximate surface area is 214 Å². The largest absolute Gasteiger partial charge is 0.423 e. The summed E-state index contributed by atoms with van der Waals surface area (Å²) in [6, 6.07) is 9.76. The van der Waals surface area contributed by atoms with Crippen LogP contribution in [0, 0.1) is 12.8 Å². The third-order valence-corrected chi connectivity index (χ3v) is 6.80.